The van der Waals surface area contributed by atoms with Gasteiger partial charge in [0.15, 0.2) is 0 Å². The Hall–Kier alpha value is -3.13. The minimum absolute atomic E-state index is 0.289. The third-order valence-electron chi connectivity index (χ3n) is 5.60. The van der Waals surface area contributed by atoms with Crippen LogP contribution in [0.1, 0.15) is 18.1 Å². The number of likely N-dealkylation sites (N-methyl/N-ethyl adjacent to an activating group) is 1. The van der Waals surface area contributed by atoms with Gasteiger partial charge in [-0.15, -0.1) is 0 Å². The molecule has 0 radical (unpaired) electrons. The van der Waals surface area contributed by atoms with Gasteiger partial charge in [-0.3, -0.25) is 0 Å². The molecule has 29 heavy (non-hydrogen) atoms. The number of hydrogen-bond acceptors (Lipinski definition) is 5. The van der Waals surface area contributed by atoms with Crippen molar-refractivity contribution in [2.75, 3.05) is 31.6 Å². The highest BCUT2D eigenvalue weighted by Crippen LogP contribution is 2.29. The van der Waals surface area contributed by atoms with Crippen LogP contribution in [0, 0.1) is 6.92 Å². The molecule has 1 aliphatic heterocycles. The highest BCUT2D eigenvalue weighted by molar-refractivity contribution is 5.80. The molecule has 3 heterocycles. The second-order valence-corrected chi connectivity index (χ2v) is 7.74. The average molecular weight is 394 g/mol. The van der Waals surface area contributed by atoms with E-state index in [4.69, 9.17) is 5.11 Å². The lowest BCUT2D eigenvalue weighted by Crippen LogP contribution is -2.50. The number of aryl methyl sites for hydroxylation is 1. The number of rotatable bonds is 4. The molecule has 152 valence electrons. The van der Waals surface area contributed by atoms with Crippen LogP contribution < -0.4 is 10.2 Å². The van der Waals surface area contributed by atoms with Crippen LogP contribution in [0.5, 0.6) is 0 Å². The van der Waals surface area contributed by atoms with Crippen LogP contribution in [0.15, 0.2) is 36.8 Å². The van der Waals surface area contributed by atoms with Crippen molar-refractivity contribution in [1.29, 1.82) is 0 Å². The van der Waals surface area contributed by atoms with E-state index in [1.807, 2.05) is 29.6 Å². The topological polar surface area (TPSA) is 86.0 Å². The van der Waals surface area contributed by atoms with Crippen LogP contribution in [0.4, 0.5) is 10.5 Å². The number of fused-ring (bicyclic) bond motifs is 1. The standard InChI is InChI=1S/C21H26N6O2/c1-14-8-16(4-5-17(14)10-22-21(28)29)20-19-9-18(12-27(19)24-13-23-20)26-7-6-25(3)11-15(26)2/h4-5,8-9,12-13,15,22H,6-7,10-11H2,1-3H3,(H,28,29). The maximum Gasteiger partial charge on any atom is 0.404 e. The molecule has 8 heteroatoms. The normalized spacial score (nSPS) is 17.6. The van der Waals surface area contributed by atoms with E-state index in [-0.39, 0.29) is 6.54 Å². The Morgan fingerprint density at radius 2 is 2.14 bits per heavy atom. The minimum atomic E-state index is -1.02. The lowest BCUT2D eigenvalue weighted by molar-refractivity contribution is 0.194. The summed E-state index contributed by atoms with van der Waals surface area (Å²) >= 11 is 0. The fourth-order valence-electron chi connectivity index (χ4n) is 4.03. The lowest BCUT2D eigenvalue weighted by atomic mass is 10.0. The number of carbonyl (C=O) groups is 1. The number of nitrogens with zero attached hydrogens (tertiary/aromatic N) is 5. The molecule has 0 bridgehead atoms. The van der Waals surface area contributed by atoms with Crippen LogP contribution >= 0.6 is 0 Å². The molecule has 1 aliphatic rings. The first kappa shape index (κ1) is 19.2. The third-order valence-corrected chi connectivity index (χ3v) is 5.60. The Morgan fingerprint density at radius 1 is 1.31 bits per heavy atom. The first-order valence-electron chi connectivity index (χ1n) is 9.77. The van der Waals surface area contributed by atoms with Crippen molar-refractivity contribution in [3.05, 3.63) is 47.9 Å². The summed E-state index contributed by atoms with van der Waals surface area (Å²) in [7, 11) is 2.16. The summed E-state index contributed by atoms with van der Waals surface area (Å²) in [5.41, 5.74) is 5.95. The Balaban J connectivity index is 1.67. The van der Waals surface area contributed by atoms with Crippen molar-refractivity contribution in [3.8, 4) is 11.3 Å². The van der Waals surface area contributed by atoms with Gasteiger partial charge in [0.2, 0.25) is 0 Å². The molecular formula is C21H26N6O2. The van der Waals surface area contributed by atoms with E-state index < -0.39 is 6.09 Å². The molecule has 1 amide bonds. The number of hydrogen-bond donors (Lipinski definition) is 2. The molecule has 0 saturated carbocycles. The van der Waals surface area contributed by atoms with Gasteiger partial charge < -0.3 is 20.2 Å². The smallest absolute Gasteiger partial charge is 0.404 e. The minimum Gasteiger partial charge on any atom is -0.465 e. The molecule has 1 atom stereocenters. The predicted molar refractivity (Wildman–Crippen MR) is 112 cm³/mol. The molecule has 1 aromatic carbocycles. The zero-order valence-electron chi connectivity index (χ0n) is 17.0. The second-order valence-electron chi connectivity index (χ2n) is 7.74. The maximum atomic E-state index is 10.8. The highest BCUT2D eigenvalue weighted by atomic mass is 16.4. The predicted octanol–water partition coefficient (Wildman–Crippen LogP) is 2.61. The Kier molecular flexibility index (Phi) is 5.10. The molecule has 4 rings (SSSR count). The van der Waals surface area contributed by atoms with Crippen LogP contribution in [0.25, 0.3) is 16.8 Å². The number of aromatic nitrogens is 3. The second kappa shape index (κ2) is 7.71. The largest absolute Gasteiger partial charge is 0.465 e. The van der Waals surface area contributed by atoms with Gasteiger partial charge in [0.05, 0.1) is 23.1 Å². The fourth-order valence-corrected chi connectivity index (χ4v) is 4.03. The summed E-state index contributed by atoms with van der Waals surface area (Å²) in [6.07, 6.45) is 2.62. The van der Waals surface area contributed by atoms with E-state index in [0.717, 1.165) is 53.2 Å². The molecule has 3 aromatic rings. The lowest BCUT2D eigenvalue weighted by Gasteiger charge is -2.39. The van der Waals surface area contributed by atoms with E-state index in [0.29, 0.717) is 6.04 Å². The van der Waals surface area contributed by atoms with Gasteiger partial charge in [-0.1, -0.05) is 12.1 Å². The average Bonchev–Trinajstić information content (AvgIpc) is 3.10. The first-order valence-corrected chi connectivity index (χ1v) is 9.77. The number of anilines is 1. The summed E-state index contributed by atoms with van der Waals surface area (Å²) < 4.78 is 1.89. The number of benzene rings is 1. The number of carboxylic acid groups (broad SMARTS) is 1. The van der Waals surface area contributed by atoms with E-state index in [2.05, 4.69) is 51.4 Å². The molecule has 0 aliphatic carbocycles. The van der Waals surface area contributed by atoms with Gasteiger partial charge in [0.25, 0.3) is 0 Å². The summed E-state index contributed by atoms with van der Waals surface area (Å²) in [5.74, 6) is 0. The summed E-state index contributed by atoms with van der Waals surface area (Å²) in [4.78, 5) is 20.1. The van der Waals surface area contributed by atoms with Crippen LogP contribution in [-0.4, -0.2) is 63.4 Å². The number of nitrogens with one attached hydrogen (secondary N) is 1. The summed E-state index contributed by atoms with van der Waals surface area (Å²) in [6.45, 7) is 7.59. The van der Waals surface area contributed by atoms with E-state index in [9.17, 15) is 4.79 Å². The van der Waals surface area contributed by atoms with Crippen molar-refractivity contribution in [3.63, 3.8) is 0 Å². The summed E-state index contributed by atoms with van der Waals surface area (Å²) in [5, 5.41) is 15.6. The molecule has 1 saturated heterocycles. The van der Waals surface area contributed by atoms with Gasteiger partial charge in [-0.25, -0.2) is 14.3 Å². The highest BCUT2D eigenvalue weighted by Gasteiger charge is 2.23. The first-order chi connectivity index (χ1) is 13.9. The van der Waals surface area contributed by atoms with E-state index in [1.54, 1.807) is 6.33 Å². The Bertz CT molecular complexity index is 1050. The maximum absolute atomic E-state index is 10.8. The SMILES string of the molecule is Cc1cc(-c2ncnn3cc(N4CCN(C)CC4C)cc23)ccc1CNC(=O)O. The van der Waals surface area contributed by atoms with Crippen molar-refractivity contribution >= 4 is 17.3 Å². The zero-order chi connectivity index (χ0) is 20.5. The fraction of sp³-hybridized carbons (Fsp3) is 0.381. The summed E-state index contributed by atoms with van der Waals surface area (Å²) in [6, 6.07) is 8.58. The van der Waals surface area contributed by atoms with Crippen LogP contribution in [0.2, 0.25) is 0 Å². The number of piperazine rings is 1. The van der Waals surface area contributed by atoms with Crippen molar-refractivity contribution in [1.82, 2.24) is 24.8 Å². The van der Waals surface area contributed by atoms with Gasteiger partial charge in [-0.05, 0) is 44.2 Å². The van der Waals surface area contributed by atoms with Gasteiger partial charge >= 0.3 is 6.09 Å². The van der Waals surface area contributed by atoms with Crippen LogP contribution in [-0.2, 0) is 6.54 Å². The zero-order valence-corrected chi connectivity index (χ0v) is 17.0. The molecular weight excluding hydrogens is 368 g/mol. The molecule has 1 unspecified atom stereocenters. The molecule has 0 spiro atoms. The van der Waals surface area contributed by atoms with Gasteiger partial charge in [-0.2, -0.15) is 5.10 Å². The third kappa shape index (κ3) is 3.88. The molecule has 8 nitrogen and oxygen atoms in total. The molecule has 2 N–H and O–H groups in total. The van der Waals surface area contributed by atoms with Gasteiger partial charge in [0.1, 0.15) is 6.33 Å². The molecule has 1 fully saturated rings. The Labute approximate surface area is 169 Å². The van der Waals surface area contributed by atoms with E-state index >= 15 is 0 Å². The monoisotopic (exact) mass is 394 g/mol. The van der Waals surface area contributed by atoms with Crippen LogP contribution in [0.3, 0.4) is 0 Å². The Morgan fingerprint density at radius 3 is 2.86 bits per heavy atom. The van der Waals surface area contributed by atoms with Crippen molar-refractivity contribution < 1.29 is 9.90 Å². The molecule has 2 aromatic heterocycles. The van der Waals surface area contributed by atoms with Crippen molar-refractivity contribution in [2.45, 2.75) is 26.4 Å². The van der Waals surface area contributed by atoms with Gasteiger partial charge in [0, 0.05) is 37.8 Å². The van der Waals surface area contributed by atoms with Crippen molar-refractivity contribution in [2.24, 2.45) is 0 Å². The number of amides is 1. The van der Waals surface area contributed by atoms with E-state index in [1.165, 1.54) is 0 Å². The quantitative estimate of drug-likeness (QED) is 0.708.